The minimum Gasteiger partial charge on any atom is -0.487 e. The van der Waals surface area contributed by atoms with E-state index in [1.807, 2.05) is 13.8 Å². The average Bonchev–Trinajstić information content (AvgIpc) is 2.96. The Morgan fingerprint density at radius 3 is 1.93 bits per heavy atom. The first kappa shape index (κ1) is 35.1. The van der Waals surface area contributed by atoms with E-state index in [-0.39, 0.29) is 43.4 Å². The van der Waals surface area contributed by atoms with Crippen molar-refractivity contribution in [1.29, 1.82) is 0 Å². The summed E-state index contributed by atoms with van der Waals surface area (Å²) in [6, 6.07) is 3.91. The van der Waals surface area contributed by atoms with Crippen molar-refractivity contribution in [3.63, 3.8) is 0 Å². The zero-order valence-corrected chi connectivity index (χ0v) is 24.4. The number of methoxy groups -OCH3 is 2. The van der Waals surface area contributed by atoms with Crippen molar-refractivity contribution in [3.05, 3.63) is 23.8 Å². The third-order valence-electron chi connectivity index (χ3n) is 5.44. The second-order valence-electron chi connectivity index (χ2n) is 8.77. The Labute approximate surface area is 237 Å². The third kappa shape index (κ3) is 15.6. The van der Waals surface area contributed by atoms with Crippen LogP contribution >= 0.6 is 0 Å². The van der Waals surface area contributed by atoms with Crippen LogP contribution in [0.1, 0.15) is 49.9 Å². The van der Waals surface area contributed by atoms with Crippen LogP contribution in [-0.4, -0.2) is 104 Å². The van der Waals surface area contributed by atoms with Gasteiger partial charge in [0.15, 0.2) is 11.5 Å². The van der Waals surface area contributed by atoms with Crippen molar-refractivity contribution >= 4 is 17.7 Å². The lowest BCUT2D eigenvalue weighted by Crippen LogP contribution is -2.47. The normalized spacial score (nSPS) is 11.5. The molecule has 0 spiro atoms. The van der Waals surface area contributed by atoms with E-state index in [4.69, 9.17) is 28.4 Å². The van der Waals surface area contributed by atoms with Crippen molar-refractivity contribution in [2.45, 2.75) is 45.6 Å². The fourth-order valence-corrected chi connectivity index (χ4v) is 3.30. The van der Waals surface area contributed by atoms with Crippen molar-refractivity contribution in [2.24, 2.45) is 0 Å². The van der Waals surface area contributed by atoms with Gasteiger partial charge >= 0.3 is 0 Å². The number of nitrogens with one attached hydrogen (secondary N) is 3. The quantitative estimate of drug-likeness (QED) is 0.159. The maximum Gasteiger partial charge on any atom is 0.252 e. The van der Waals surface area contributed by atoms with Crippen molar-refractivity contribution in [3.8, 4) is 11.5 Å². The van der Waals surface area contributed by atoms with E-state index in [2.05, 4.69) is 16.0 Å². The van der Waals surface area contributed by atoms with Crippen LogP contribution in [0.5, 0.6) is 11.5 Å². The van der Waals surface area contributed by atoms with Crippen LogP contribution in [0.15, 0.2) is 18.2 Å². The molecule has 1 atom stereocenters. The maximum atomic E-state index is 13.2. The first-order valence-electron chi connectivity index (χ1n) is 13.8. The second-order valence-corrected chi connectivity index (χ2v) is 8.77. The van der Waals surface area contributed by atoms with Gasteiger partial charge in [0.05, 0.1) is 39.6 Å². The topological polar surface area (TPSA) is 143 Å². The molecular formula is C28H47N3O9. The minimum atomic E-state index is -0.870. The number of rotatable bonds is 24. The summed E-state index contributed by atoms with van der Waals surface area (Å²) < 4.78 is 32.5. The second kappa shape index (κ2) is 22.8. The molecule has 0 aliphatic rings. The van der Waals surface area contributed by atoms with Gasteiger partial charge in [-0.15, -0.1) is 0 Å². The smallest absolute Gasteiger partial charge is 0.252 e. The zero-order valence-electron chi connectivity index (χ0n) is 24.4. The lowest BCUT2D eigenvalue weighted by Gasteiger charge is -2.19. The van der Waals surface area contributed by atoms with Crippen molar-refractivity contribution in [1.82, 2.24) is 16.0 Å². The van der Waals surface area contributed by atoms with E-state index >= 15 is 0 Å². The summed E-state index contributed by atoms with van der Waals surface area (Å²) in [6.45, 7) is 7.95. The molecular weight excluding hydrogens is 522 g/mol. The molecule has 0 saturated heterocycles. The van der Waals surface area contributed by atoms with Gasteiger partial charge in [-0.3, -0.25) is 14.4 Å². The summed E-state index contributed by atoms with van der Waals surface area (Å²) in [5, 5.41) is 8.35. The van der Waals surface area contributed by atoms with E-state index < -0.39 is 11.9 Å². The maximum absolute atomic E-state index is 13.2. The van der Waals surface area contributed by atoms with Crippen molar-refractivity contribution < 1.29 is 42.8 Å². The van der Waals surface area contributed by atoms with Gasteiger partial charge in [-0.25, -0.2) is 0 Å². The highest BCUT2D eigenvalue weighted by molar-refractivity contribution is 5.98. The Hall–Kier alpha value is -2.93. The molecule has 0 heterocycles. The molecule has 40 heavy (non-hydrogen) atoms. The number of hydrogen-bond donors (Lipinski definition) is 3. The Balaban J connectivity index is 2.92. The molecule has 0 bridgehead atoms. The van der Waals surface area contributed by atoms with E-state index in [1.54, 1.807) is 32.4 Å². The highest BCUT2D eigenvalue weighted by Crippen LogP contribution is 2.28. The molecule has 0 aliphatic carbocycles. The molecule has 0 aliphatic heterocycles. The molecule has 0 fully saturated rings. The molecule has 1 aromatic carbocycles. The molecule has 1 aromatic rings. The third-order valence-corrected chi connectivity index (χ3v) is 5.44. The summed E-state index contributed by atoms with van der Waals surface area (Å²) >= 11 is 0. The van der Waals surface area contributed by atoms with Crippen LogP contribution in [0.2, 0.25) is 0 Å². The number of carbonyl (C=O) groups excluding carboxylic acids is 3. The van der Waals surface area contributed by atoms with Crippen LogP contribution in [-0.2, 0) is 28.5 Å². The molecule has 12 nitrogen and oxygen atoms in total. The summed E-state index contributed by atoms with van der Waals surface area (Å²) in [7, 11) is 3.20. The van der Waals surface area contributed by atoms with E-state index in [0.29, 0.717) is 64.2 Å². The fourth-order valence-electron chi connectivity index (χ4n) is 3.30. The predicted octanol–water partition coefficient (Wildman–Crippen LogP) is 1.70. The van der Waals surface area contributed by atoms with Gasteiger partial charge in [0, 0.05) is 39.3 Å². The summed E-state index contributed by atoms with van der Waals surface area (Å²) in [5.41, 5.74) is 0.280. The van der Waals surface area contributed by atoms with E-state index in [9.17, 15) is 14.4 Å². The van der Waals surface area contributed by atoms with Crippen LogP contribution in [0.4, 0.5) is 0 Å². The minimum absolute atomic E-state index is 0.112. The largest absolute Gasteiger partial charge is 0.487 e. The van der Waals surface area contributed by atoms with Crippen molar-refractivity contribution in [2.75, 3.05) is 80.2 Å². The molecule has 1 rings (SSSR count). The molecule has 0 saturated carbocycles. The average molecular weight is 570 g/mol. The van der Waals surface area contributed by atoms with Gasteiger partial charge < -0.3 is 44.4 Å². The molecule has 0 unspecified atom stereocenters. The van der Waals surface area contributed by atoms with Gasteiger partial charge in [-0.1, -0.05) is 13.8 Å². The molecule has 3 N–H and O–H groups in total. The van der Waals surface area contributed by atoms with E-state index in [1.165, 1.54) is 0 Å². The Morgan fingerprint density at radius 1 is 0.750 bits per heavy atom. The van der Waals surface area contributed by atoms with Gasteiger partial charge in [-0.05, 0) is 37.5 Å². The number of amides is 3. The number of carbonyl (C=O) groups is 3. The Morgan fingerprint density at radius 2 is 1.32 bits per heavy atom. The monoisotopic (exact) mass is 569 g/mol. The molecule has 12 heteroatoms. The summed E-state index contributed by atoms with van der Waals surface area (Å²) in [6.07, 6.45) is 1.84. The first-order valence-corrected chi connectivity index (χ1v) is 13.8. The predicted molar refractivity (Wildman–Crippen MR) is 150 cm³/mol. The first-order chi connectivity index (χ1) is 19.5. The molecule has 3 amide bonds. The number of ether oxygens (including phenoxy) is 6. The van der Waals surface area contributed by atoms with Crippen LogP contribution in [0.3, 0.4) is 0 Å². The summed E-state index contributed by atoms with van der Waals surface area (Å²) in [4.78, 5) is 38.0. The lowest BCUT2D eigenvalue weighted by molar-refractivity contribution is -0.124. The molecule has 0 radical (unpaired) electrons. The van der Waals surface area contributed by atoms with Gasteiger partial charge in [0.25, 0.3) is 5.91 Å². The SMILES string of the molecule is CCCNC(=O)CC[C@H](NC(=O)c1ccc(OCCOCCOC)c(OCCOCCOC)c1)C(=O)NCCC. The Bertz CT molecular complexity index is 854. The van der Waals surface area contributed by atoms with Gasteiger partial charge in [0.2, 0.25) is 11.8 Å². The van der Waals surface area contributed by atoms with Crippen LogP contribution < -0.4 is 25.4 Å². The number of hydrogen-bond acceptors (Lipinski definition) is 9. The zero-order chi connectivity index (χ0) is 29.4. The van der Waals surface area contributed by atoms with Gasteiger partial charge in [0.1, 0.15) is 19.3 Å². The highest BCUT2D eigenvalue weighted by Gasteiger charge is 2.23. The van der Waals surface area contributed by atoms with E-state index in [0.717, 1.165) is 12.8 Å². The standard InChI is InChI=1S/C28H47N3O9/c1-5-11-29-26(32)10-8-23(28(34)30-12-6-2)31-27(33)22-7-9-24(39-19-17-37-15-13-35-3)25(21-22)40-20-18-38-16-14-36-4/h7,9,21,23H,5-6,8,10-20H2,1-4H3,(H,29,32)(H,30,34)(H,31,33)/t23-/m0/s1. The van der Waals surface area contributed by atoms with Crippen LogP contribution in [0.25, 0.3) is 0 Å². The molecule has 0 aromatic heterocycles. The fraction of sp³-hybridized carbons (Fsp3) is 0.679. The molecule has 228 valence electrons. The van der Waals surface area contributed by atoms with Gasteiger partial charge in [-0.2, -0.15) is 0 Å². The lowest BCUT2D eigenvalue weighted by atomic mass is 10.1. The summed E-state index contributed by atoms with van der Waals surface area (Å²) in [5.74, 6) is -0.183. The Kier molecular flexibility index (Phi) is 20.0. The number of benzene rings is 1. The highest BCUT2D eigenvalue weighted by atomic mass is 16.6. The van der Waals surface area contributed by atoms with Crippen LogP contribution in [0, 0.1) is 0 Å².